The molecule has 0 saturated heterocycles. The summed E-state index contributed by atoms with van der Waals surface area (Å²) in [6, 6.07) is 20.2. The van der Waals surface area contributed by atoms with Crippen LogP contribution >= 0.6 is 0 Å². The number of nitriles is 1. The Hall–Kier alpha value is -3.91. The monoisotopic (exact) mass is 343 g/mol. The highest BCUT2D eigenvalue weighted by atomic mass is 16.5. The van der Waals surface area contributed by atoms with Crippen LogP contribution in [0.3, 0.4) is 0 Å². The number of aldehydes is 2. The lowest BCUT2D eigenvalue weighted by atomic mass is 10.2. The smallest absolute Gasteiger partial charge is 0.153 e. The van der Waals surface area contributed by atoms with Crippen molar-refractivity contribution in [1.82, 2.24) is 0 Å². The third-order valence-corrected chi connectivity index (χ3v) is 3.55. The summed E-state index contributed by atoms with van der Waals surface area (Å²) in [4.78, 5) is 22.2. The molecule has 3 aromatic rings. The molecule has 3 aromatic carbocycles. The molecule has 0 aliphatic carbocycles. The van der Waals surface area contributed by atoms with Crippen LogP contribution in [0, 0.1) is 11.3 Å². The van der Waals surface area contributed by atoms with Gasteiger partial charge in [0.1, 0.15) is 29.3 Å². The van der Waals surface area contributed by atoms with Crippen molar-refractivity contribution in [2.24, 2.45) is 0 Å². The van der Waals surface area contributed by atoms with Gasteiger partial charge in [-0.1, -0.05) is 12.1 Å². The SMILES string of the molecule is N#Cc1ccc(Oc2ccc(Oc3cccc(C=O)c3)c(C=O)c2)cc1. The first-order valence-electron chi connectivity index (χ1n) is 7.72. The van der Waals surface area contributed by atoms with Crippen molar-refractivity contribution in [3.05, 3.63) is 83.4 Å². The number of ether oxygens (including phenoxy) is 2. The van der Waals surface area contributed by atoms with Crippen LogP contribution in [0.2, 0.25) is 0 Å². The molecule has 3 rings (SSSR count). The largest absolute Gasteiger partial charge is 0.457 e. The van der Waals surface area contributed by atoms with Crippen LogP contribution in [-0.4, -0.2) is 12.6 Å². The van der Waals surface area contributed by atoms with E-state index < -0.39 is 0 Å². The highest BCUT2D eigenvalue weighted by Gasteiger charge is 2.08. The van der Waals surface area contributed by atoms with Crippen molar-refractivity contribution in [1.29, 1.82) is 5.26 Å². The molecule has 0 atom stereocenters. The predicted molar refractivity (Wildman–Crippen MR) is 95.0 cm³/mol. The Kier molecular flexibility index (Phi) is 5.06. The Morgan fingerprint density at radius 2 is 1.50 bits per heavy atom. The highest BCUT2D eigenvalue weighted by molar-refractivity contribution is 5.80. The first kappa shape index (κ1) is 16.9. The molecule has 0 aliphatic heterocycles. The standard InChI is InChI=1S/C21H13NO4/c22-12-15-4-6-18(7-5-15)25-20-8-9-21(17(11-20)14-24)26-19-3-1-2-16(10-19)13-23/h1-11,13-14H. The predicted octanol–water partition coefficient (Wildman–Crippen LogP) is 4.77. The molecular formula is C21H13NO4. The summed E-state index contributed by atoms with van der Waals surface area (Å²) in [7, 11) is 0. The molecule has 5 heteroatoms. The molecule has 0 heterocycles. The van der Waals surface area contributed by atoms with Crippen molar-refractivity contribution in [3.63, 3.8) is 0 Å². The van der Waals surface area contributed by atoms with E-state index in [1.165, 1.54) is 0 Å². The summed E-state index contributed by atoms with van der Waals surface area (Å²) in [6.07, 6.45) is 1.40. The lowest BCUT2D eigenvalue weighted by Gasteiger charge is -2.11. The minimum absolute atomic E-state index is 0.313. The summed E-state index contributed by atoms with van der Waals surface area (Å²) < 4.78 is 11.4. The van der Waals surface area contributed by atoms with Crippen LogP contribution in [0.25, 0.3) is 0 Å². The molecule has 5 nitrogen and oxygen atoms in total. The molecule has 0 spiro atoms. The fourth-order valence-corrected chi connectivity index (χ4v) is 2.29. The van der Waals surface area contributed by atoms with Gasteiger partial charge in [-0.25, -0.2) is 0 Å². The molecule has 126 valence electrons. The average molecular weight is 343 g/mol. The van der Waals surface area contributed by atoms with Gasteiger partial charge in [-0.3, -0.25) is 9.59 Å². The Labute approximate surface area is 150 Å². The normalized spacial score (nSPS) is 9.81. The minimum atomic E-state index is 0.313. The van der Waals surface area contributed by atoms with Gasteiger partial charge in [0.2, 0.25) is 0 Å². The molecule has 0 N–H and O–H groups in total. The van der Waals surface area contributed by atoms with Crippen molar-refractivity contribution in [2.75, 3.05) is 0 Å². The highest BCUT2D eigenvalue weighted by Crippen LogP contribution is 2.30. The van der Waals surface area contributed by atoms with E-state index in [0.29, 0.717) is 46.0 Å². The molecule has 0 bridgehead atoms. The van der Waals surface area contributed by atoms with Crippen LogP contribution in [0.1, 0.15) is 26.3 Å². The van der Waals surface area contributed by atoms with E-state index >= 15 is 0 Å². The summed E-state index contributed by atoms with van der Waals surface area (Å²) in [6.45, 7) is 0. The molecule has 0 amide bonds. The zero-order valence-electron chi connectivity index (χ0n) is 13.6. The quantitative estimate of drug-likeness (QED) is 0.603. The van der Waals surface area contributed by atoms with Crippen molar-refractivity contribution in [2.45, 2.75) is 0 Å². The van der Waals surface area contributed by atoms with Gasteiger partial charge in [-0.05, 0) is 54.6 Å². The molecule has 0 fully saturated rings. The first-order chi connectivity index (χ1) is 12.7. The van der Waals surface area contributed by atoms with Gasteiger partial charge in [0.05, 0.1) is 17.2 Å². The second-order valence-electron chi connectivity index (χ2n) is 5.35. The Balaban J connectivity index is 1.81. The Bertz CT molecular complexity index is 988. The van der Waals surface area contributed by atoms with E-state index in [0.717, 1.165) is 6.29 Å². The number of carbonyl (C=O) groups excluding carboxylic acids is 2. The van der Waals surface area contributed by atoms with E-state index in [9.17, 15) is 9.59 Å². The maximum Gasteiger partial charge on any atom is 0.153 e. The van der Waals surface area contributed by atoms with Gasteiger partial charge < -0.3 is 9.47 Å². The molecule has 0 radical (unpaired) electrons. The zero-order valence-corrected chi connectivity index (χ0v) is 13.6. The molecule has 0 aromatic heterocycles. The van der Waals surface area contributed by atoms with Gasteiger partial charge in [0.15, 0.2) is 6.29 Å². The summed E-state index contributed by atoms with van der Waals surface area (Å²) in [5.74, 6) is 1.83. The summed E-state index contributed by atoms with van der Waals surface area (Å²) in [5, 5.41) is 8.81. The van der Waals surface area contributed by atoms with E-state index in [1.54, 1.807) is 66.7 Å². The van der Waals surface area contributed by atoms with Gasteiger partial charge in [0.25, 0.3) is 0 Å². The maximum atomic E-state index is 11.4. The van der Waals surface area contributed by atoms with Gasteiger partial charge >= 0.3 is 0 Å². The number of benzene rings is 3. The number of rotatable bonds is 6. The lowest BCUT2D eigenvalue weighted by molar-refractivity contribution is 0.111. The van der Waals surface area contributed by atoms with Crippen LogP contribution in [0.4, 0.5) is 0 Å². The Morgan fingerprint density at radius 3 is 2.19 bits per heavy atom. The fourth-order valence-electron chi connectivity index (χ4n) is 2.29. The topological polar surface area (TPSA) is 76.4 Å². The number of carbonyl (C=O) groups is 2. The third kappa shape index (κ3) is 3.94. The lowest BCUT2D eigenvalue weighted by Crippen LogP contribution is -1.93. The van der Waals surface area contributed by atoms with Crippen LogP contribution in [0.15, 0.2) is 66.7 Å². The van der Waals surface area contributed by atoms with Gasteiger partial charge in [-0.15, -0.1) is 0 Å². The molecular weight excluding hydrogens is 330 g/mol. The Morgan fingerprint density at radius 1 is 0.769 bits per heavy atom. The average Bonchev–Trinajstić information content (AvgIpc) is 2.70. The maximum absolute atomic E-state index is 11.4. The fraction of sp³-hybridized carbons (Fsp3) is 0. The minimum Gasteiger partial charge on any atom is -0.457 e. The van der Waals surface area contributed by atoms with Crippen LogP contribution in [-0.2, 0) is 0 Å². The number of hydrogen-bond donors (Lipinski definition) is 0. The van der Waals surface area contributed by atoms with E-state index in [2.05, 4.69) is 0 Å². The molecule has 0 aliphatic rings. The van der Waals surface area contributed by atoms with E-state index in [4.69, 9.17) is 14.7 Å². The molecule has 0 saturated carbocycles. The second-order valence-corrected chi connectivity index (χ2v) is 5.35. The zero-order chi connectivity index (χ0) is 18.4. The molecule has 0 unspecified atom stereocenters. The second kappa shape index (κ2) is 7.77. The molecule has 26 heavy (non-hydrogen) atoms. The van der Waals surface area contributed by atoms with E-state index in [-0.39, 0.29) is 0 Å². The first-order valence-corrected chi connectivity index (χ1v) is 7.72. The van der Waals surface area contributed by atoms with E-state index in [1.807, 2.05) is 6.07 Å². The van der Waals surface area contributed by atoms with Crippen LogP contribution in [0.5, 0.6) is 23.0 Å². The van der Waals surface area contributed by atoms with Gasteiger partial charge in [0, 0.05) is 5.56 Å². The van der Waals surface area contributed by atoms with Crippen molar-refractivity contribution in [3.8, 4) is 29.1 Å². The summed E-state index contributed by atoms with van der Waals surface area (Å²) in [5.41, 5.74) is 1.33. The van der Waals surface area contributed by atoms with Gasteiger partial charge in [-0.2, -0.15) is 5.26 Å². The summed E-state index contributed by atoms with van der Waals surface area (Å²) >= 11 is 0. The van der Waals surface area contributed by atoms with Crippen molar-refractivity contribution < 1.29 is 19.1 Å². The number of hydrogen-bond acceptors (Lipinski definition) is 5. The van der Waals surface area contributed by atoms with Crippen LogP contribution < -0.4 is 9.47 Å². The third-order valence-electron chi connectivity index (χ3n) is 3.55. The van der Waals surface area contributed by atoms with Crippen molar-refractivity contribution >= 4 is 12.6 Å². The number of nitrogens with zero attached hydrogens (tertiary/aromatic N) is 1.